The normalized spacial score (nSPS) is 11.6. The Morgan fingerprint density at radius 2 is 1.78 bits per heavy atom. The van der Waals surface area contributed by atoms with E-state index in [2.05, 4.69) is 4.98 Å². The van der Waals surface area contributed by atoms with Crippen molar-refractivity contribution in [2.24, 2.45) is 0 Å². The zero-order valence-corrected chi connectivity index (χ0v) is 18.0. The molecule has 0 fully saturated rings. The maximum absolute atomic E-state index is 13.9. The molecule has 7 nitrogen and oxygen atoms in total. The minimum absolute atomic E-state index is 0.00619. The average Bonchev–Trinajstić information content (AvgIpc) is 3.18. The van der Waals surface area contributed by atoms with E-state index < -0.39 is 20.9 Å². The minimum atomic E-state index is -4.34. The molecule has 0 saturated heterocycles. The van der Waals surface area contributed by atoms with Crippen LogP contribution < -0.4 is 9.24 Å². The van der Waals surface area contributed by atoms with Crippen LogP contribution in [0.25, 0.3) is 21.1 Å². The number of aromatic nitrogens is 1. The first-order valence-electron chi connectivity index (χ1n) is 9.46. The summed E-state index contributed by atoms with van der Waals surface area (Å²) in [5.74, 6) is -0.763. The largest absolute Gasteiger partial charge is 0.414 e. The van der Waals surface area contributed by atoms with Crippen molar-refractivity contribution < 1.29 is 17.6 Å². The van der Waals surface area contributed by atoms with Crippen LogP contribution in [0.5, 0.6) is 0 Å². The summed E-state index contributed by atoms with van der Waals surface area (Å²) < 4.78 is 34.1. The SMILES string of the molecule is O=C(c1cccnc1)N(c1ccc2oc(=O)sc2c1)S(=O)(=O)c1cccc2ccccc12. The summed E-state index contributed by atoms with van der Waals surface area (Å²) in [6.45, 7) is 0. The van der Waals surface area contributed by atoms with Gasteiger partial charge in [-0.2, -0.15) is 4.31 Å². The molecule has 0 aliphatic carbocycles. The van der Waals surface area contributed by atoms with Gasteiger partial charge in [-0.15, -0.1) is 0 Å². The summed E-state index contributed by atoms with van der Waals surface area (Å²) in [6.07, 6.45) is 2.80. The van der Waals surface area contributed by atoms with E-state index in [1.807, 2.05) is 6.07 Å². The van der Waals surface area contributed by atoms with Crippen LogP contribution in [-0.2, 0) is 10.0 Å². The van der Waals surface area contributed by atoms with Crippen LogP contribution in [0.15, 0.2) is 99.3 Å². The lowest BCUT2D eigenvalue weighted by atomic mass is 10.1. The summed E-state index contributed by atoms with van der Waals surface area (Å²) in [4.78, 5) is 28.5. The molecule has 158 valence electrons. The lowest BCUT2D eigenvalue weighted by Gasteiger charge is -2.23. The van der Waals surface area contributed by atoms with E-state index in [1.54, 1.807) is 36.4 Å². The number of pyridine rings is 1. The second-order valence-electron chi connectivity index (χ2n) is 6.88. The van der Waals surface area contributed by atoms with Crippen LogP contribution in [0, 0.1) is 0 Å². The van der Waals surface area contributed by atoms with Gasteiger partial charge in [-0.25, -0.2) is 13.2 Å². The fourth-order valence-electron chi connectivity index (χ4n) is 3.48. The highest BCUT2D eigenvalue weighted by atomic mass is 32.2. The molecule has 32 heavy (non-hydrogen) atoms. The predicted molar refractivity (Wildman–Crippen MR) is 123 cm³/mol. The van der Waals surface area contributed by atoms with Crippen LogP contribution in [0.1, 0.15) is 10.4 Å². The summed E-state index contributed by atoms with van der Waals surface area (Å²) in [5, 5.41) is 1.22. The maximum Gasteiger partial charge on any atom is 0.396 e. The van der Waals surface area contributed by atoms with Gasteiger partial charge in [-0.1, -0.05) is 47.7 Å². The first-order valence-corrected chi connectivity index (χ1v) is 11.7. The molecule has 0 aliphatic rings. The standard InChI is InChI=1S/C23H14N2O5S2/c26-22(16-7-4-12-24-14-16)25(17-10-11-19-20(13-17)31-23(27)30-19)32(28,29)21-9-3-6-15-5-1-2-8-18(15)21/h1-14H. The molecule has 0 saturated carbocycles. The van der Waals surface area contributed by atoms with Crippen molar-refractivity contribution in [3.63, 3.8) is 0 Å². The number of sulfonamides is 1. The maximum atomic E-state index is 13.9. The number of hydrogen-bond acceptors (Lipinski definition) is 7. The summed E-state index contributed by atoms with van der Waals surface area (Å²) in [5.41, 5.74) is 0.521. The van der Waals surface area contributed by atoms with E-state index >= 15 is 0 Å². The Hall–Kier alpha value is -3.82. The molecule has 0 aliphatic heterocycles. The molecule has 2 aromatic heterocycles. The highest BCUT2D eigenvalue weighted by molar-refractivity contribution is 7.93. The van der Waals surface area contributed by atoms with E-state index in [-0.39, 0.29) is 16.1 Å². The van der Waals surface area contributed by atoms with Gasteiger partial charge in [0.2, 0.25) is 0 Å². The van der Waals surface area contributed by atoms with Gasteiger partial charge in [-0.3, -0.25) is 9.78 Å². The molecular weight excluding hydrogens is 448 g/mol. The molecule has 5 aromatic rings. The van der Waals surface area contributed by atoms with Crippen molar-refractivity contribution in [1.29, 1.82) is 0 Å². The number of rotatable bonds is 4. The van der Waals surface area contributed by atoms with Crippen molar-refractivity contribution in [2.45, 2.75) is 4.90 Å². The molecular formula is C23H14N2O5S2. The van der Waals surface area contributed by atoms with Gasteiger partial charge in [0.15, 0.2) is 0 Å². The first kappa shape index (κ1) is 20.1. The molecule has 3 aromatic carbocycles. The number of carbonyl (C=O) groups is 1. The molecule has 5 rings (SSSR count). The Kier molecular flexibility index (Phi) is 4.84. The number of anilines is 1. The second-order valence-corrected chi connectivity index (χ2v) is 9.61. The second kappa shape index (κ2) is 7.70. The van der Waals surface area contributed by atoms with Crippen molar-refractivity contribution in [1.82, 2.24) is 4.98 Å². The number of hydrogen-bond donors (Lipinski definition) is 0. The topological polar surface area (TPSA) is 97.6 Å². The third kappa shape index (κ3) is 3.37. The number of fused-ring (bicyclic) bond motifs is 2. The van der Waals surface area contributed by atoms with Gasteiger partial charge in [-0.05, 0) is 41.8 Å². The fourth-order valence-corrected chi connectivity index (χ4v) is 5.81. The van der Waals surface area contributed by atoms with Crippen LogP contribution in [0.3, 0.4) is 0 Å². The Balaban J connectivity index is 1.76. The molecule has 0 spiro atoms. The average molecular weight is 463 g/mol. The highest BCUT2D eigenvalue weighted by Gasteiger charge is 2.33. The molecule has 9 heteroatoms. The van der Waals surface area contributed by atoms with Gasteiger partial charge in [0.05, 0.1) is 20.8 Å². The fraction of sp³-hybridized carbons (Fsp3) is 0. The smallest absolute Gasteiger partial charge is 0.396 e. The van der Waals surface area contributed by atoms with Crippen molar-refractivity contribution >= 4 is 54.0 Å². The van der Waals surface area contributed by atoms with Crippen molar-refractivity contribution in [3.8, 4) is 0 Å². The number of nitrogens with zero attached hydrogens (tertiary/aromatic N) is 2. The molecule has 0 bridgehead atoms. The lowest BCUT2D eigenvalue weighted by molar-refractivity contribution is 0.100. The number of carbonyl (C=O) groups excluding carboxylic acids is 1. The predicted octanol–water partition coefficient (Wildman–Crippen LogP) is 4.44. The van der Waals surface area contributed by atoms with Crippen molar-refractivity contribution in [2.75, 3.05) is 4.31 Å². The molecule has 0 atom stereocenters. The first-order chi connectivity index (χ1) is 15.4. The molecule has 1 amide bonds. The Labute approximate surface area is 186 Å². The quantitative estimate of drug-likeness (QED) is 0.392. The number of benzene rings is 3. The van der Waals surface area contributed by atoms with Crippen molar-refractivity contribution in [3.05, 3.63) is 100 Å². The van der Waals surface area contributed by atoms with E-state index in [4.69, 9.17) is 4.42 Å². The van der Waals surface area contributed by atoms with Gasteiger partial charge in [0.1, 0.15) is 5.58 Å². The zero-order valence-electron chi connectivity index (χ0n) is 16.3. The molecule has 0 radical (unpaired) electrons. The third-order valence-corrected chi connectivity index (χ3v) is 7.47. The summed E-state index contributed by atoms with van der Waals surface area (Å²) in [6, 6.07) is 19.4. The highest BCUT2D eigenvalue weighted by Crippen LogP contribution is 2.32. The van der Waals surface area contributed by atoms with E-state index in [9.17, 15) is 18.0 Å². The zero-order chi connectivity index (χ0) is 22.3. The summed E-state index contributed by atoms with van der Waals surface area (Å²) >= 11 is 0.833. The van der Waals surface area contributed by atoms with Crippen LogP contribution in [-0.4, -0.2) is 19.3 Å². The summed E-state index contributed by atoms with van der Waals surface area (Å²) in [7, 11) is -4.34. The lowest BCUT2D eigenvalue weighted by Crippen LogP contribution is -2.37. The van der Waals surface area contributed by atoms with E-state index in [0.717, 1.165) is 21.0 Å². The van der Waals surface area contributed by atoms with E-state index in [1.165, 1.54) is 42.7 Å². The van der Waals surface area contributed by atoms with Gasteiger partial charge in [0.25, 0.3) is 15.9 Å². The molecule has 0 unspecified atom stereocenters. The Bertz CT molecular complexity index is 1630. The monoisotopic (exact) mass is 462 g/mol. The van der Waals surface area contributed by atoms with Gasteiger partial charge in [0, 0.05) is 17.8 Å². The third-order valence-electron chi connectivity index (χ3n) is 4.91. The van der Waals surface area contributed by atoms with Crippen LogP contribution in [0.4, 0.5) is 5.69 Å². The van der Waals surface area contributed by atoms with Crippen LogP contribution in [0.2, 0.25) is 0 Å². The molecule has 2 heterocycles. The van der Waals surface area contributed by atoms with E-state index in [0.29, 0.717) is 15.7 Å². The van der Waals surface area contributed by atoms with Gasteiger partial charge < -0.3 is 4.42 Å². The Morgan fingerprint density at radius 3 is 2.59 bits per heavy atom. The Morgan fingerprint density at radius 1 is 0.969 bits per heavy atom. The van der Waals surface area contributed by atoms with Gasteiger partial charge >= 0.3 is 4.94 Å². The number of amides is 1. The molecule has 0 N–H and O–H groups in total. The minimum Gasteiger partial charge on any atom is -0.414 e. The van der Waals surface area contributed by atoms with Crippen LogP contribution >= 0.6 is 11.3 Å².